The van der Waals surface area contributed by atoms with E-state index in [-0.39, 0.29) is 18.5 Å². The van der Waals surface area contributed by atoms with Crippen LogP contribution in [0.25, 0.3) is 0 Å². The van der Waals surface area contributed by atoms with Gasteiger partial charge in [0.25, 0.3) is 5.91 Å². The Kier molecular flexibility index (Phi) is 7.94. The molecule has 2 aromatic rings. The normalized spacial score (nSPS) is 10.4. The lowest BCUT2D eigenvalue weighted by molar-refractivity contribution is -0.128. The Morgan fingerprint density at radius 3 is 2.46 bits per heavy atom. The fourth-order valence-corrected chi connectivity index (χ4v) is 2.73. The molecule has 0 atom stereocenters. The van der Waals surface area contributed by atoms with Gasteiger partial charge in [-0.15, -0.1) is 11.3 Å². The molecule has 9 heteroatoms. The van der Waals surface area contributed by atoms with E-state index in [1.807, 2.05) is 26.2 Å². The number of nitrogens with one attached hydrogen (secondary N) is 2. The van der Waals surface area contributed by atoms with Gasteiger partial charge in [0.2, 0.25) is 5.91 Å². The van der Waals surface area contributed by atoms with Gasteiger partial charge in [-0.25, -0.2) is 9.78 Å². The van der Waals surface area contributed by atoms with Gasteiger partial charge in [-0.1, -0.05) is 0 Å². The number of carbonyl (C=O) groups excluding carboxylic acids is 3. The summed E-state index contributed by atoms with van der Waals surface area (Å²) in [6.07, 6.45) is 0. The lowest BCUT2D eigenvalue weighted by Gasteiger charge is -2.10. The van der Waals surface area contributed by atoms with E-state index >= 15 is 0 Å². The number of carbonyl (C=O) groups is 3. The largest absolute Gasteiger partial charge is 0.487 e. The third-order valence-electron chi connectivity index (χ3n) is 3.37. The Morgan fingerprint density at radius 2 is 1.86 bits per heavy atom. The minimum atomic E-state index is -0.636. The van der Waals surface area contributed by atoms with Crippen molar-refractivity contribution in [3.8, 4) is 5.75 Å². The topological polar surface area (TPSA) is 107 Å². The van der Waals surface area contributed by atoms with Gasteiger partial charge >= 0.3 is 5.97 Å². The predicted molar refractivity (Wildman–Crippen MR) is 104 cm³/mol. The maximum absolute atomic E-state index is 12.0. The summed E-state index contributed by atoms with van der Waals surface area (Å²) in [7, 11) is 0. The molecule has 0 fully saturated rings. The van der Waals surface area contributed by atoms with E-state index in [4.69, 9.17) is 9.47 Å². The summed E-state index contributed by atoms with van der Waals surface area (Å²) in [4.78, 5) is 39.4. The highest BCUT2D eigenvalue weighted by atomic mass is 32.1. The fraction of sp³-hybridized carbons (Fsp3) is 0.368. The molecule has 28 heavy (non-hydrogen) atoms. The number of benzene rings is 1. The molecule has 2 amide bonds. The zero-order chi connectivity index (χ0) is 20.5. The van der Waals surface area contributed by atoms with E-state index in [2.05, 4.69) is 15.6 Å². The van der Waals surface area contributed by atoms with E-state index in [0.29, 0.717) is 17.9 Å². The van der Waals surface area contributed by atoms with Crippen molar-refractivity contribution in [2.24, 2.45) is 0 Å². The van der Waals surface area contributed by atoms with Crippen molar-refractivity contribution in [2.45, 2.75) is 33.4 Å². The van der Waals surface area contributed by atoms with Crippen molar-refractivity contribution < 1.29 is 23.9 Å². The molecule has 1 aromatic heterocycles. The quantitative estimate of drug-likeness (QED) is 0.617. The van der Waals surface area contributed by atoms with Crippen LogP contribution in [-0.2, 0) is 20.9 Å². The van der Waals surface area contributed by atoms with Gasteiger partial charge in [-0.2, -0.15) is 0 Å². The molecule has 0 saturated heterocycles. The number of ether oxygens (including phenoxy) is 2. The Hall–Kier alpha value is -2.94. The molecule has 0 spiro atoms. The van der Waals surface area contributed by atoms with Crippen LogP contribution in [-0.4, -0.2) is 42.0 Å². The number of rotatable bonds is 9. The maximum Gasteiger partial charge on any atom is 0.338 e. The van der Waals surface area contributed by atoms with Crippen molar-refractivity contribution in [3.63, 3.8) is 0 Å². The van der Waals surface area contributed by atoms with Gasteiger partial charge in [0.05, 0.1) is 22.8 Å². The summed E-state index contributed by atoms with van der Waals surface area (Å²) < 4.78 is 10.6. The van der Waals surface area contributed by atoms with Crippen molar-refractivity contribution in [3.05, 3.63) is 45.9 Å². The lowest BCUT2D eigenvalue weighted by Crippen LogP contribution is -2.41. The SMILES string of the molecule is Cc1nc(COc2ccc(C(=O)OCC(=O)NCC(=O)NC(C)C)cc2)cs1. The summed E-state index contributed by atoms with van der Waals surface area (Å²) in [6.45, 7) is 5.28. The second-order valence-corrected chi connectivity index (χ2v) is 7.31. The molecule has 8 nitrogen and oxygen atoms in total. The Morgan fingerprint density at radius 1 is 1.14 bits per heavy atom. The van der Waals surface area contributed by atoms with E-state index < -0.39 is 18.5 Å². The molecule has 150 valence electrons. The van der Waals surface area contributed by atoms with Crippen LogP contribution in [0.3, 0.4) is 0 Å². The third-order valence-corrected chi connectivity index (χ3v) is 4.20. The van der Waals surface area contributed by atoms with Crippen LogP contribution in [0.15, 0.2) is 29.6 Å². The predicted octanol–water partition coefficient (Wildman–Crippen LogP) is 1.83. The maximum atomic E-state index is 12.0. The third kappa shape index (κ3) is 7.36. The van der Waals surface area contributed by atoms with Gasteiger partial charge < -0.3 is 20.1 Å². The summed E-state index contributed by atoms with van der Waals surface area (Å²) in [5.74, 6) is -0.900. The average molecular weight is 405 g/mol. The number of hydrogen-bond donors (Lipinski definition) is 2. The molecular formula is C19H23N3O5S. The highest BCUT2D eigenvalue weighted by molar-refractivity contribution is 7.09. The first-order valence-electron chi connectivity index (χ1n) is 8.70. The minimum Gasteiger partial charge on any atom is -0.487 e. The molecule has 0 saturated carbocycles. The van der Waals surface area contributed by atoms with Crippen molar-refractivity contribution >= 4 is 29.1 Å². The highest BCUT2D eigenvalue weighted by Crippen LogP contribution is 2.16. The molecule has 2 N–H and O–H groups in total. The lowest BCUT2D eigenvalue weighted by atomic mass is 10.2. The number of nitrogens with zero attached hydrogens (tertiary/aromatic N) is 1. The van der Waals surface area contributed by atoms with Crippen LogP contribution in [0, 0.1) is 6.92 Å². The van der Waals surface area contributed by atoms with Crippen LogP contribution < -0.4 is 15.4 Å². The summed E-state index contributed by atoms with van der Waals surface area (Å²) in [6, 6.07) is 6.38. The van der Waals surface area contributed by atoms with Crippen LogP contribution in [0.1, 0.15) is 34.9 Å². The zero-order valence-electron chi connectivity index (χ0n) is 16.0. The standard InChI is InChI=1S/C19H23N3O5S/c1-12(2)21-17(23)8-20-18(24)10-27-19(25)14-4-6-16(7-5-14)26-9-15-11-28-13(3)22-15/h4-7,11-12H,8-10H2,1-3H3,(H,20,24)(H,21,23). The Balaban J connectivity index is 1.73. The first-order valence-corrected chi connectivity index (χ1v) is 9.58. The smallest absolute Gasteiger partial charge is 0.338 e. The molecule has 1 aromatic carbocycles. The number of aryl methyl sites for hydroxylation is 1. The van der Waals surface area contributed by atoms with E-state index in [0.717, 1.165) is 10.7 Å². The molecule has 0 unspecified atom stereocenters. The Bertz CT molecular complexity index is 817. The Labute approximate surface area is 167 Å². The van der Waals surface area contributed by atoms with Crippen LogP contribution in [0.2, 0.25) is 0 Å². The van der Waals surface area contributed by atoms with Crippen molar-refractivity contribution in [1.29, 1.82) is 0 Å². The number of aromatic nitrogens is 1. The van der Waals surface area contributed by atoms with E-state index in [1.54, 1.807) is 35.6 Å². The second kappa shape index (κ2) is 10.4. The molecule has 0 aliphatic carbocycles. The summed E-state index contributed by atoms with van der Waals surface area (Å²) in [5, 5.41) is 7.93. The van der Waals surface area contributed by atoms with Crippen molar-refractivity contribution in [1.82, 2.24) is 15.6 Å². The van der Waals surface area contributed by atoms with Gasteiger partial charge in [0.1, 0.15) is 12.4 Å². The second-order valence-electron chi connectivity index (χ2n) is 6.25. The van der Waals surface area contributed by atoms with Gasteiger partial charge in [-0.3, -0.25) is 9.59 Å². The molecular weight excluding hydrogens is 382 g/mol. The van der Waals surface area contributed by atoms with Gasteiger partial charge in [-0.05, 0) is 45.0 Å². The van der Waals surface area contributed by atoms with Crippen molar-refractivity contribution in [2.75, 3.05) is 13.2 Å². The first kappa shape index (κ1) is 21.4. The average Bonchev–Trinajstić information content (AvgIpc) is 3.08. The molecule has 1 heterocycles. The molecule has 0 aliphatic heterocycles. The number of thiazole rings is 1. The molecule has 0 radical (unpaired) electrons. The van der Waals surface area contributed by atoms with Crippen LogP contribution in [0.5, 0.6) is 5.75 Å². The first-order chi connectivity index (χ1) is 13.3. The van der Waals surface area contributed by atoms with E-state index in [1.165, 1.54) is 0 Å². The summed E-state index contributed by atoms with van der Waals surface area (Å²) >= 11 is 1.55. The minimum absolute atomic E-state index is 0.0141. The summed E-state index contributed by atoms with van der Waals surface area (Å²) in [5.41, 5.74) is 1.14. The highest BCUT2D eigenvalue weighted by Gasteiger charge is 2.12. The zero-order valence-corrected chi connectivity index (χ0v) is 16.8. The number of amides is 2. The van der Waals surface area contributed by atoms with Gasteiger partial charge in [0, 0.05) is 11.4 Å². The fourth-order valence-electron chi connectivity index (χ4n) is 2.14. The van der Waals surface area contributed by atoms with Gasteiger partial charge in [0.15, 0.2) is 6.61 Å². The number of hydrogen-bond acceptors (Lipinski definition) is 7. The number of esters is 1. The monoisotopic (exact) mass is 405 g/mol. The van der Waals surface area contributed by atoms with Crippen LogP contribution >= 0.6 is 11.3 Å². The van der Waals surface area contributed by atoms with Crippen LogP contribution in [0.4, 0.5) is 0 Å². The molecule has 0 aliphatic rings. The molecule has 2 rings (SSSR count). The molecule has 0 bridgehead atoms. The van der Waals surface area contributed by atoms with E-state index in [9.17, 15) is 14.4 Å².